The molecule has 2 fully saturated rings. The molecule has 2 heterocycles. The highest BCUT2D eigenvalue weighted by Crippen LogP contribution is 2.27. The maximum Gasteiger partial charge on any atom is 0.222 e. The molecular weight excluding hydrogens is 184 g/mol. The van der Waals surface area contributed by atoms with Crippen molar-refractivity contribution >= 4 is 17.7 Å². The number of piperazine rings is 1. The Morgan fingerprint density at radius 3 is 2.62 bits per heavy atom. The summed E-state index contributed by atoms with van der Waals surface area (Å²) in [5.41, 5.74) is 0. The highest BCUT2D eigenvalue weighted by molar-refractivity contribution is 8.00. The number of thioether (sulfide) groups is 1. The Bertz CT molecular complexity index is 188. The fourth-order valence-corrected chi connectivity index (χ4v) is 2.50. The molecule has 0 aliphatic carbocycles. The average molecular weight is 200 g/mol. The second kappa shape index (κ2) is 4.33. The molecule has 2 aliphatic rings. The Morgan fingerprint density at radius 1 is 1.38 bits per heavy atom. The maximum absolute atomic E-state index is 11.7. The van der Waals surface area contributed by atoms with Gasteiger partial charge in [-0.25, -0.2) is 0 Å². The minimum atomic E-state index is 0.367. The zero-order valence-electron chi connectivity index (χ0n) is 7.79. The van der Waals surface area contributed by atoms with Crippen molar-refractivity contribution < 1.29 is 4.79 Å². The Hall–Kier alpha value is -0.220. The van der Waals surface area contributed by atoms with Gasteiger partial charge in [0, 0.05) is 32.6 Å². The molecule has 2 rings (SSSR count). The summed E-state index contributed by atoms with van der Waals surface area (Å²) in [5, 5.41) is 3.25. The van der Waals surface area contributed by atoms with Gasteiger partial charge in [0.15, 0.2) is 0 Å². The normalized spacial score (nSPS) is 24.2. The predicted molar refractivity (Wildman–Crippen MR) is 54.9 cm³/mol. The van der Waals surface area contributed by atoms with Crippen molar-refractivity contribution in [2.24, 2.45) is 5.92 Å². The lowest BCUT2D eigenvalue weighted by atomic mass is 10.1. The van der Waals surface area contributed by atoms with Gasteiger partial charge in [0.25, 0.3) is 0 Å². The van der Waals surface area contributed by atoms with Crippen LogP contribution in [0.3, 0.4) is 0 Å². The van der Waals surface area contributed by atoms with Crippen LogP contribution in [0.2, 0.25) is 0 Å². The smallest absolute Gasteiger partial charge is 0.222 e. The molecule has 0 bridgehead atoms. The number of hydrogen-bond donors (Lipinski definition) is 1. The lowest BCUT2D eigenvalue weighted by Crippen LogP contribution is -2.47. The van der Waals surface area contributed by atoms with Gasteiger partial charge in [-0.1, -0.05) is 0 Å². The highest BCUT2D eigenvalue weighted by Gasteiger charge is 2.24. The first kappa shape index (κ1) is 9.34. The molecule has 2 aliphatic heterocycles. The second-order valence-electron chi connectivity index (χ2n) is 3.74. The van der Waals surface area contributed by atoms with Crippen LogP contribution in [0.5, 0.6) is 0 Å². The molecule has 0 spiro atoms. The third kappa shape index (κ3) is 2.38. The summed E-state index contributed by atoms with van der Waals surface area (Å²) < 4.78 is 0. The number of carbonyl (C=O) groups is 1. The minimum Gasteiger partial charge on any atom is -0.340 e. The first-order valence-electron chi connectivity index (χ1n) is 4.92. The van der Waals surface area contributed by atoms with Gasteiger partial charge in [0.2, 0.25) is 5.91 Å². The van der Waals surface area contributed by atoms with E-state index in [-0.39, 0.29) is 0 Å². The van der Waals surface area contributed by atoms with E-state index in [0.717, 1.165) is 32.6 Å². The molecule has 0 aromatic rings. The van der Waals surface area contributed by atoms with E-state index < -0.39 is 0 Å². The molecule has 0 atom stereocenters. The topological polar surface area (TPSA) is 32.3 Å². The van der Waals surface area contributed by atoms with Crippen LogP contribution in [-0.2, 0) is 4.79 Å². The largest absolute Gasteiger partial charge is 0.340 e. The van der Waals surface area contributed by atoms with E-state index in [4.69, 9.17) is 0 Å². The van der Waals surface area contributed by atoms with Gasteiger partial charge in [0.1, 0.15) is 0 Å². The Balaban J connectivity index is 1.74. The first-order valence-corrected chi connectivity index (χ1v) is 6.08. The number of nitrogens with zero attached hydrogens (tertiary/aromatic N) is 1. The van der Waals surface area contributed by atoms with E-state index >= 15 is 0 Å². The lowest BCUT2D eigenvalue weighted by molar-refractivity contribution is -0.132. The summed E-state index contributed by atoms with van der Waals surface area (Å²) in [5.74, 6) is 3.43. The Kier molecular flexibility index (Phi) is 3.11. The molecule has 2 saturated heterocycles. The van der Waals surface area contributed by atoms with Crippen LogP contribution in [0.15, 0.2) is 0 Å². The number of hydrogen-bond acceptors (Lipinski definition) is 3. The van der Waals surface area contributed by atoms with Crippen molar-refractivity contribution in [3.63, 3.8) is 0 Å². The second-order valence-corrected chi connectivity index (χ2v) is 4.81. The van der Waals surface area contributed by atoms with Gasteiger partial charge < -0.3 is 10.2 Å². The number of carbonyl (C=O) groups excluding carboxylic acids is 1. The Labute approximate surface area is 83.2 Å². The van der Waals surface area contributed by atoms with Crippen molar-refractivity contribution in [3.05, 3.63) is 0 Å². The standard InChI is InChI=1S/C9H16N2OS/c12-9(5-8-6-13-7-8)11-3-1-10-2-4-11/h8,10H,1-7H2. The molecule has 74 valence electrons. The van der Waals surface area contributed by atoms with Gasteiger partial charge in [-0.2, -0.15) is 11.8 Å². The van der Waals surface area contributed by atoms with Crippen molar-refractivity contribution in [1.82, 2.24) is 10.2 Å². The molecule has 1 amide bonds. The van der Waals surface area contributed by atoms with E-state index in [1.54, 1.807) is 0 Å². The SMILES string of the molecule is O=C(CC1CSC1)N1CCNCC1. The number of rotatable bonds is 2. The molecule has 0 aromatic carbocycles. The van der Waals surface area contributed by atoms with Gasteiger partial charge in [0.05, 0.1) is 0 Å². The molecule has 0 unspecified atom stereocenters. The zero-order chi connectivity index (χ0) is 9.10. The predicted octanol–water partition coefficient (Wildman–Crippen LogP) is 0.171. The van der Waals surface area contributed by atoms with Crippen LogP contribution in [0, 0.1) is 5.92 Å². The summed E-state index contributed by atoms with van der Waals surface area (Å²) in [6, 6.07) is 0. The van der Waals surface area contributed by atoms with Gasteiger partial charge in [-0.15, -0.1) is 0 Å². The van der Waals surface area contributed by atoms with Crippen molar-refractivity contribution in [3.8, 4) is 0 Å². The van der Waals surface area contributed by atoms with Crippen molar-refractivity contribution in [2.45, 2.75) is 6.42 Å². The van der Waals surface area contributed by atoms with E-state index in [0.29, 0.717) is 11.8 Å². The molecule has 0 saturated carbocycles. The summed E-state index contributed by atoms with van der Waals surface area (Å²) in [7, 11) is 0. The molecule has 13 heavy (non-hydrogen) atoms. The van der Waals surface area contributed by atoms with Gasteiger partial charge in [-0.3, -0.25) is 4.79 Å². The summed E-state index contributed by atoms with van der Waals surface area (Å²) >= 11 is 1.95. The lowest BCUT2D eigenvalue weighted by Gasteiger charge is -2.31. The van der Waals surface area contributed by atoms with Crippen LogP contribution in [-0.4, -0.2) is 48.5 Å². The van der Waals surface area contributed by atoms with Crippen LogP contribution in [0.4, 0.5) is 0 Å². The summed E-state index contributed by atoms with van der Waals surface area (Å²) in [4.78, 5) is 13.7. The van der Waals surface area contributed by atoms with Gasteiger partial charge in [-0.05, 0) is 17.4 Å². The van der Waals surface area contributed by atoms with Gasteiger partial charge >= 0.3 is 0 Å². The third-order valence-corrected chi connectivity index (χ3v) is 4.05. The monoisotopic (exact) mass is 200 g/mol. The molecule has 3 nitrogen and oxygen atoms in total. The zero-order valence-corrected chi connectivity index (χ0v) is 8.61. The number of amides is 1. The summed E-state index contributed by atoms with van der Waals surface area (Å²) in [6.07, 6.45) is 0.785. The van der Waals surface area contributed by atoms with Crippen molar-refractivity contribution in [1.29, 1.82) is 0 Å². The number of nitrogens with one attached hydrogen (secondary N) is 1. The highest BCUT2D eigenvalue weighted by atomic mass is 32.2. The fraction of sp³-hybridized carbons (Fsp3) is 0.889. The van der Waals surface area contributed by atoms with Crippen molar-refractivity contribution in [2.75, 3.05) is 37.7 Å². The van der Waals surface area contributed by atoms with Crippen LogP contribution >= 0.6 is 11.8 Å². The molecule has 1 N–H and O–H groups in total. The van der Waals surface area contributed by atoms with Crippen LogP contribution in [0.1, 0.15) is 6.42 Å². The Morgan fingerprint density at radius 2 is 2.08 bits per heavy atom. The molecule has 0 radical (unpaired) electrons. The minimum absolute atomic E-state index is 0.367. The summed E-state index contributed by atoms with van der Waals surface area (Å²) in [6.45, 7) is 3.73. The maximum atomic E-state index is 11.7. The third-order valence-electron chi connectivity index (χ3n) is 2.64. The molecule has 4 heteroatoms. The molecule has 0 aromatic heterocycles. The molecular formula is C9H16N2OS. The quantitative estimate of drug-likeness (QED) is 0.690. The van der Waals surface area contributed by atoms with E-state index in [9.17, 15) is 4.79 Å². The first-order chi connectivity index (χ1) is 6.36. The van der Waals surface area contributed by atoms with Crippen LogP contribution < -0.4 is 5.32 Å². The van der Waals surface area contributed by atoms with E-state index in [2.05, 4.69) is 5.32 Å². The fourth-order valence-electron chi connectivity index (χ4n) is 1.69. The van der Waals surface area contributed by atoms with E-state index in [1.165, 1.54) is 11.5 Å². The van der Waals surface area contributed by atoms with Crippen LogP contribution in [0.25, 0.3) is 0 Å². The average Bonchev–Trinajstić information content (AvgIpc) is 2.12. The van der Waals surface area contributed by atoms with E-state index in [1.807, 2.05) is 16.7 Å².